The first-order valence-electron chi connectivity index (χ1n) is 9.92. The Balaban J connectivity index is 1.61. The molecule has 0 spiro atoms. The van der Waals surface area contributed by atoms with Gasteiger partial charge in [-0.2, -0.15) is 5.26 Å². The van der Waals surface area contributed by atoms with E-state index in [4.69, 9.17) is 4.74 Å². The number of rotatable bonds is 6. The number of nitrogens with zero attached hydrogens (tertiary/aromatic N) is 4. The molecule has 0 aliphatic carbocycles. The van der Waals surface area contributed by atoms with Gasteiger partial charge in [0.05, 0.1) is 23.9 Å². The molecule has 0 aliphatic rings. The van der Waals surface area contributed by atoms with Crippen molar-refractivity contribution in [3.8, 4) is 17.5 Å². The molecule has 4 rings (SSSR count). The van der Waals surface area contributed by atoms with E-state index in [2.05, 4.69) is 21.4 Å². The lowest BCUT2D eigenvalue weighted by atomic mass is 10.2. The normalized spacial score (nSPS) is 10.7. The molecule has 2 aromatic heterocycles. The SMILES string of the molecule is COc1ccc(-n2c(C)c(C)c(C#N)c2NC(=O)CSc2ncnc3ccccc23)cc1. The fourth-order valence-corrected chi connectivity index (χ4v) is 4.30. The molecule has 4 aromatic rings. The molecule has 1 N–H and O–H groups in total. The van der Waals surface area contributed by atoms with Crippen LogP contribution in [0.3, 0.4) is 0 Å². The Morgan fingerprint density at radius 1 is 1.16 bits per heavy atom. The lowest BCUT2D eigenvalue weighted by molar-refractivity contribution is -0.113. The number of carbonyl (C=O) groups excluding carboxylic acids is 1. The largest absolute Gasteiger partial charge is 0.497 e. The topological polar surface area (TPSA) is 92.8 Å². The summed E-state index contributed by atoms with van der Waals surface area (Å²) in [7, 11) is 1.61. The Morgan fingerprint density at radius 3 is 2.62 bits per heavy atom. The number of methoxy groups -OCH3 is 1. The molecule has 0 radical (unpaired) electrons. The third-order valence-corrected chi connectivity index (χ3v) is 6.27. The molecule has 7 nitrogen and oxygen atoms in total. The smallest absolute Gasteiger partial charge is 0.235 e. The van der Waals surface area contributed by atoms with E-state index in [-0.39, 0.29) is 11.7 Å². The molecule has 1 amide bonds. The van der Waals surface area contributed by atoms with Gasteiger partial charge in [0.2, 0.25) is 5.91 Å². The lowest BCUT2D eigenvalue weighted by Gasteiger charge is -2.14. The molecule has 0 fully saturated rings. The van der Waals surface area contributed by atoms with Crippen LogP contribution in [-0.4, -0.2) is 33.3 Å². The number of benzene rings is 2. The number of nitrogens with one attached hydrogen (secondary N) is 1. The molecule has 0 aliphatic heterocycles. The Hall–Kier alpha value is -3.83. The number of nitriles is 1. The van der Waals surface area contributed by atoms with Crippen molar-refractivity contribution in [1.82, 2.24) is 14.5 Å². The second kappa shape index (κ2) is 9.12. The fourth-order valence-electron chi connectivity index (χ4n) is 3.51. The highest BCUT2D eigenvalue weighted by Crippen LogP contribution is 2.31. The fraction of sp³-hybridized carbons (Fsp3) is 0.167. The number of ether oxygens (including phenoxy) is 1. The first-order valence-corrected chi connectivity index (χ1v) is 10.9. The van der Waals surface area contributed by atoms with E-state index in [1.807, 2.05) is 66.9 Å². The quantitative estimate of drug-likeness (QED) is 0.344. The van der Waals surface area contributed by atoms with Gasteiger partial charge in [0.25, 0.3) is 0 Å². The number of amides is 1. The van der Waals surface area contributed by atoms with E-state index in [0.29, 0.717) is 11.4 Å². The van der Waals surface area contributed by atoms with Crippen LogP contribution in [0.2, 0.25) is 0 Å². The molecular weight excluding hydrogens is 422 g/mol. The summed E-state index contributed by atoms with van der Waals surface area (Å²) in [6, 6.07) is 17.4. The van der Waals surface area contributed by atoms with Crippen LogP contribution in [0.15, 0.2) is 59.9 Å². The number of fused-ring (bicyclic) bond motifs is 1. The number of hydrogen-bond donors (Lipinski definition) is 1. The molecule has 2 aromatic carbocycles. The van der Waals surface area contributed by atoms with Crippen LogP contribution in [0.25, 0.3) is 16.6 Å². The van der Waals surface area contributed by atoms with Gasteiger partial charge in [0.15, 0.2) is 0 Å². The second-order valence-corrected chi connectivity index (χ2v) is 8.08. The molecule has 2 heterocycles. The van der Waals surface area contributed by atoms with Gasteiger partial charge in [-0.05, 0) is 49.7 Å². The first kappa shape index (κ1) is 21.4. The zero-order valence-electron chi connectivity index (χ0n) is 17.9. The van der Waals surface area contributed by atoms with Gasteiger partial charge in [-0.15, -0.1) is 0 Å². The number of carbonyl (C=O) groups is 1. The molecule has 0 saturated carbocycles. The van der Waals surface area contributed by atoms with Crippen molar-refractivity contribution in [1.29, 1.82) is 5.26 Å². The maximum Gasteiger partial charge on any atom is 0.235 e. The average Bonchev–Trinajstić information content (AvgIpc) is 3.06. The predicted octanol–water partition coefficient (Wildman–Crippen LogP) is 4.65. The molecule has 0 saturated heterocycles. The van der Waals surface area contributed by atoms with Gasteiger partial charge in [0.1, 0.15) is 29.0 Å². The molecule has 0 bridgehead atoms. The third kappa shape index (κ3) is 4.03. The standard InChI is InChI=1S/C24H21N5O2S/c1-15-16(2)29(17-8-10-18(31-3)11-9-17)23(20(15)12-25)28-22(30)13-32-24-19-6-4-5-7-21(19)26-14-27-24/h4-11,14H,13H2,1-3H3,(H,28,30). The van der Waals surface area contributed by atoms with Crippen molar-refractivity contribution in [2.75, 3.05) is 18.2 Å². The molecule has 8 heteroatoms. The molecule has 160 valence electrons. The van der Waals surface area contributed by atoms with Crippen molar-refractivity contribution in [3.05, 3.63) is 71.7 Å². The zero-order valence-corrected chi connectivity index (χ0v) is 18.7. The highest BCUT2D eigenvalue weighted by Gasteiger charge is 2.21. The summed E-state index contributed by atoms with van der Waals surface area (Å²) in [5.74, 6) is 1.12. The Kier molecular flexibility index (Phi) is 6.10. The van der Waals surface area contributed by atoms with Crippen LogP contribution in [-0.2, 0) is 4.79 Å². The average molecular weight is 444 g/mol. The van der Waals surface area contributed by atoms with E-state index >= 15 is 0 Å². The summed E-state index contributed by atoms with van der Waals surface area (Å²) in [6.07, 6.45) is 1.50. The van der Waals surface area contributed by atoms with E-state index in [1.54, 1.807) is 7.11 Å². The van der Waals surface area contributed by atoms with Crippen LogP contribution >= 0.6 is 11.8 Å². The summed E-state index contributed by atoms with van der Waals surface area (Å²) in [4.78, 5) is 21.5. The summed E-state index contributed by atoms with van der Waals surface area (Å²) < 4.78 is 7.13. The second-order valence-electron chi connectivity index (χ2n) is 7.11. The van der Waals surface area contributed by atoms with Crippen molar-refractivity contribution >= 4 is 34.4 Å². The van der Waals surface area contributed by atoms with E-state index in [1.165, 1.54) is 18.1 Å². The maximum atomic E-state index is 12.9. The summed E-state index contributed by atoms with van der Waals surface area (Å²) >= 11 is 1.34. The zero-order chi connectivity index (χ0) is 22.7. The first-order chi connectivity index (χ1) is 15.5. The Bertz CT molecular complexity index is 1330. The van der Waals surface area contributed by atoms with Gasteiger partial charge in [-0.3, -0.25) is 9.36 Å². The summed E-state index contributed by atoms with van der Waals surface area (Å²) in [5.41, 5.74) is 3.82. The monoisotopic (exact) mass is 443 g/mol. The maximum absolute atomic E-state index is 12.9. The van der Waals surface area contributed by atoms with Gasteiger partial charge >= 0.3 is 0 Å². The minimum Gasteiger partial charge on any atom is -0.497 e. The van der Waals surface area contributed by atoms with Crippen LogP contribution in [0, 0.1) is 25.2 Å². The van der Waals surface area contributed by atoms with Crippen LogP contribution in [0.5, 0.6) is 5.75 Å². The minimum atomic E-state index is -0.221. The highest BCUT2D eigenvalue weighted by molar-refractivity contribution is 8.00. The van der Waals surface area contributed by atoms with Crippen molar-refractivity contribution < 1.29 is 9.53 Å². The number of hydrogen-bond acceptors (Lipinski definition) is 6. The lowest BCUT2D eigenvalue weighted by Crippen LogP contribution is -2.18. The highest BCUT2D eigenvalue weighted by atomic mass is 32.2. The number of para-hydroxylation sites is 1. The summed E-state index contributed by atoms with van der Waals surface area (Å²) in [5, 5.41) is 14.3. The molecule has 0 unspecified atom stereocenters. The van der Waals surface area contributed by atoms with E-state index < -0.39 is 0 Å². The minimum absolute atomic E-state index is 0.151. The Morgan fingerprint density at radius 2 is 1.91 bits per heavy atom. The van der Waals surface area contributed by atoms with E-state index in [9.17, 15) is 10.1 Å². The summed E-state index contributed by atoms with van der Waals surface area (Å²) in [6.45, 7) is 3.81. The van der Waals surface area contributed by atoms with Gasteiger partial charge < -0.3 is 10.1 Å². The van der Waals surface area contributed by atoms with Gasteiger partial charge in [0, 0.05) is 16.8 Å². The van der Waals surface area contributed by atoms with Crippen LogP contribution in [0.4, 0.5) is 5.82 Å². The number of aromatic nitrogens is 3. The van der Waals surface area contributed by atoms with Crippen molar-refractivity contribution in [2.24, 2.45) is 0 Å². The van der Waals surface area contributed by atoms with Crippen LogP contribution in [0.1, 0.15) is 16.8 Å². The van der Waals surface area contributed by atoms with Gasteiger partial charge in [-0.1, -0.05) is 30.0 Å². The van der Waals surface area contributed by atoms with Crippen LogP contribution < -0.4 is 10.1 Å². The van der Waals surface area contributed by atoms with E-state index in [0.717, 1.165) is 38.6 Å². The van der Waals surface area contributed by atoms with Crippen molar-refractivity contribution in [3.63, 3.8) is 0 Å². The van der Waals surface area contributed by atoms with Gasteiger partial charge in [-0.25, -0.2) is 9.97 Å². The number of thioether (sulfide) groups is 1. The molecular formula is C24H21N5O2S. The molecule has 0 atom stereocenters. The predicted molar refractivity (Wildman–Crippen MR) is 125 cm³/mol. The van der Waals surface area contributed by atoms with Crippen molar-refractivity contribution in [2.45, 2.75) is 18.9 Å². The number of anilines is 1. The molecule has 32 heavy (non-hydrogen) atoms. The third-order valence-electron chi connectivity index (χ3n) is 5.26. The Labute approximate surface area is 190 Å².